The van der Waals surface area contributed by atoms with E-state index in [1.165, 1.54) is 12.1 Å². The predicted octanol–water partition coefficient (Wildman–Crippen LogP) is 1.71. The Balaban J connectivity index is 1.60. The Kier molecular flexibility index (Phi) is 6.55. The van der Waals surface area contributed by atoms with Gasteiger partial charge in [0.05, 0.1) is 21.9 Å². The molecule has 1 aliphatic rings. The van der Waals surface area contributed by atoms with Gasteiger partial charge >= 0.3 is 7.12 Å². The van der Waals surface area contributed by atoms with Crippen LogP contribution in [0.3, 0.4) is 0 Å². The average molecular weight is 466 g/mol. The summed E-state index contributed by atoms with van der Waals surface area (Å²) in [5, 5.41) is 0. The lowest BCUT2D eigenvalue weighted by atomic mass is 9.79. The van der Waals surface area contributed by atoms with E-state index in [0.717, 1.165) is 0 Å². The van der Waals surface area contributed by atoms with Crippen molar-refractivity contribution in [3.05, 3.63) is 54.6 Å². The molecule has 0 saturated carbocycles. The van der Waals surface area contributed by atoms with E-state index in [4.69, 9.17) is 9.31 Å². The Morgan fingerprint density at radius 3 is 1.94 bits per heavy atom. The maximum atomic E-state index is 12.5. The van der Waals surface area contributed by atoms with Crippen LogP contribution in [-0.4, -0.2) is 47.5 Å². The molecule has 11 heteroatoms. The first-order chi connectivity index (χ1) is 14.3. The summed E-state index contributed by atoms with van der Waals surface area (Å²) in [7, 11) is -8.15. The zero-order valence-corrected chi connectivity index (χ0v) is 19.6. The largest absolute Gasteiger partial charge is 0.494 e. The van der Waals surface area contributed by atoms with Gasteiger partial charge in [-0.25, -0.2) is 21.6 Å². The SMILES string of the molecule is CC1(C)OB(c2ccc(S(=O)(=O)NCCS(=O)(=O)Nc3ccccc3)cc2)OC1(C)C. The van der Waals surface area contributed by atoms with Crippen LogP contribution in [0, 0.1) is 0 Å². The highest BCUT2D eigenvalue weighted by Crippen LogP contribution is 2.36. The Morgan fingerprint density at radius 1 is 0.839 bits per heavy atom. The van der Waals surface area contributed by atoms with E-state index in [0.29, 0.717) is 11.2 Å². The van der Waals surface area contributed by atoms with Gasteiger partial charge in [-0.1, -0.05) is 30.3 Å². The first-order valence-electron chi connectivity index (χ1n) is 9.82. The van der Waals surface area contributed by atoms with E-state index in [2.05, 4.69) is 9.44 Å². The number of anilines is 1. The minimum absolute atomic E-state index is 0.0289. The number of sulfonamides is 2. The van der Waals surface area contributed by atoms with Crippen molar-refractivity contribution in [3.63, 3.8) is 0 Å². The van der Waals surface area contributed by atoms with Crippen molar-refractivity contribution in [2.75, 3.05) is 17.0 Å². The quantitative estimate of drug-likeness (QED) is 0.573. The summed E-state index contributed by atoms with van der Waals surface area (Å²) in [5.74, 6) is -0.396. The molecule has 2 aromatic rings. The molecular weight excluding hydrogens is 439 g/mol. The van der Waals surface area contributed by atoms with E-state index in [1.807, 2.05) is 27.7 Å². The topological polar surface area (TPSA) is 111 Å². The number of benzene rings is 2. The second kappa shape index (κ2) is 8.55. The van der Waals surface area contributed by atoms with Crippen LogP contribution in [0.25, 0.3) is 0 Å². The molecule has 1 fully saturated rings. The number of hydrogen-bond donors (Lipinski definition) is 2. The molecule has 0 amide bonds. The van der Waals surface area contributed by atoms with Gasteiger partial charge in [-0.05, 0) is 57.4 Å². The molecule has 31 heavy (non-hydrogen) atoms. The van der Waals surface area contributed by atoms with Gasteiger partial charge in [-0.15, -0.1) is 0 Å². The van der Waals surface area contributed by atoms with E-state index in [1.54, 1.807) is 42.5 Å². The fourth-order valence-electron chi connectivity index (χ4n) is 2.91. The minimum atomic E-state index is -3.87. The van der Waals surface area contributed by atoms with Crippen LogP contribution in [0.1, 0.15) is 27.7 Å². The van der Waals surface area contributed by atoms with Crippen LogP contribution in [0.4, 0.5) is 5.69 Å². The second-order valence-corrected chi connectivity index (χ2v) is 12.0. The van der Waals surface area contributed by atoms with E-state index in [9.17, 15) is 16.8 Å². The highest BCUT2D eigenvalue weighted by Gasteiger charge is 2.51. The number of nitrogens with one attached hydrogen (secondary N) is 2. The molecule has 0 unspecified atom stereocenters. The molecule has 2 aromatic carbocycles. The highest BCUT2D eigenvalue weighted by molar-refractivity contribution is 7.92. The van der Waals surface area contributed by atoms with Gasteiger partial charge in [-0.2, -0.15) is 0 Å². The molecule has 1 saturated heterocycles. The summed E-state index contributed by atoms with van der Waals surface area (Å²) in [6, 6.07) is 14.5. The molecule has 2 N–H and O–H groups in total. The summed E-state index contributed by atoms with van der Waals surface area (Å²) >= 11 is 0. The van der Waals surface area contributed by atoms with Crippen molar-refractivity contribution in [3.8, 4) is 0 Å². The fraction of sp³-hybridized carbons (Fsp3) is 0.400. The van der Waals surface area contributed by atoms with Crippen molar-refractivity contribution in [2.24, 2.45) is 0 Å². The standard InChI is InChI=1S/C20H27BN2O6S2/c1-19(2)20(3,4)29-21(28-19)16-10-12-18(13-11-16)31(26,27)22-14-15-30(24,25)23-17-8-6-5-7-9-17/h5-13,22-23H,14-15H2,1-4H3. The molecule has 8 nitrogen and oxygen atoms in total. The summed E-state index contributed by atoms with van der Waals surface area (Å²) < 4.78 is 66.0. The third-order valence-corrected chi connectivity index (χ3v) is 8.19. The first kappa shape index (κ1) is 23.7. The highest BCUT2D eigenvalue weighted by atomic mass is 32.2. The molecule has 0 atom stereocenters. The van der Waals surface area contributed by atoms with Crippen molar-refractivity contribution < 1.29 is 26.1 Å². The Bertz CT molecular complexity index is 1100. The van der Waals surface area contributed by atoms with Crippen LogP contribution in [0.5, 0.6) is 0 Å². The van der Waals surface area contributed by atoms with E-state index >= 15 is 0 Å². The summed E-state index contributed by atoms with van der Waals surface area (Å²) in [4.78, 5) is 0.0289. The number of hydrogen-bond acceptors (Lipinski definition) is 6. The lowest BCUT2D eigenvalue weighted by Crippen LogP contribution is -2.41. The van der Waals surface area contributed by atoms with Crippen LogP contribution in [0.2, 0.25) is 0 Å². The summed E-state index contributed by atoms with van der Waals surface area (Å²) in [5.41, 5.74) is 0.128. The molecule has 0 spiro atoms. The molecule has 0 aliphatic carbocycles. The second-order valence-electron chi connectivity index (χ2n) is 8.34. The maximum Gasteiger partial charge on any atom is 0.494 e. The van der Waals surface area contributed by atoms with Gasteiger partial charge in [0, 0.05) is 12.2 Å². The lowest BCUT2D eigenvalue weighted by molar-refractivity contribution is 0.00578. The zero-order chi connectivity index (χ0) is 22.9. The van der Waals surface area contributed by atoms with Crippen LogP contribution in [-0.2, 0) is 29.4 Å². The lowest BCUT2D eigenvalue weighted by Gasteiger charge is -2.32. The third kappa shape index (κ3) is 5.66. The van der Waals surface area contributed by atoms with Crippen molar-refractivity contribution in [2.45, 2.75) is 43.8 Å². The Labute approximate surface area is 184 Å². The average Bonchev–Trinajstić information content (AvgIpc) is 2.89. The van der Waals surface area contributed by atoms with Gasteiger partial charge in [-0.3, -0.25) is 4.72 Å². The first-order valence-corrected chi connectivity index (χ1v) is 13.0. The molecule has 1 aliphatic heterocycles. The number of rotatable bonds is 8. The van der Waals surface area contributed by atoms with Gasteiger partial charge in [0.25, 0.3) is 0 Å². The Morgan fingerprint density at radius 2 is 1.39 bits per heavy atom. The van der Waals surface area contributed by atoms with E-state index < -0.39 is 44.1 Å². The minimum Gasteiger partial charge on any atom is -0.399 e. The van der Waals surface area contributed by atoms with Crippen molar-refractivity contribution in [1.29, 1.82) is 0 Å². The van der Waals surface area contributed by atoms with Crippen LogP contribution >= 0.6 is 0 Å². The van der Waals surface area contributed by atoms with Gasteiger partial charge in [0.2, 0.25) is 20.0 Å². The van der Waals surface area contributed by atoms with Gasteiger partial charge < -0.3 is 9.31 Å². The summed E-state index contributed by atoms with van der Waals surface area (Å²) in [6.45, 7) is 7.50. The van der Waals surface area contributed by atoms with E-state index in [-0.39, 0.29) is 11.4 Å². The normalized spacial score (nSPS) is 18.1. The Hall–Kier alpha value is -1.92. The number of para-hydroxylation sites is 1. The molecule has 3 rings (SSSR count). The smallest absolute Gasteiger partial charge is 0.399 e. The zero-order valence-electron chi connectivity index (χ0n) is 18.0. The molecule has 168 valence electrons. The van der Waals surface area contributed by atoms with Crippen molar-refractivity contribution >= 4 is 38.3 Å². The molecule has 0 radical (unpaired) electrons. The van der Waals surface area contributed by atoms with Crippen molar-refractivity contribution in [1.82, 2.24) is 4.72 Å². The molecule has 1 heterocycles. The third-order valence-electron chi connectivity index (χ3n) is 5.43. The molecule has 0 aromatic heterocycles. The van der Waals surface area contributed by atoms with Gasteiger partial charge in [0.15, 0.2) is 0 Å². The molecule has 0 bridgehead atoms. The summed E-state index contributed by atoms with van der Waals surface area (Å²) in [6.07, 6.45) is 0. The molecular formula is C20H27BN2O6S2. The maximum absolute atomic E-state index is 12.5. The monoisotopic (exact) mass is 466 g/mol. The van der Waals surface area contributed by atoms with Crippen LogP contribution < -0.4 is 14.9 Å². The van der Waals surface area contributed by atoms with Crippen LogP contribution in [0.15, 0.2) is 59.5 Å². The fourth-order valence-corrected chi connectivity index (χ4v) is 5.04. The predicted molar refractivity (Wildman–Crippen MR) is 121 cm³/mol. The van der Waals surface area contributed by atoms with Gasteiger partial charge in [0.1, 0.15) is 0 Å².